The second kappa shape index (κ2) is 6.89. The molecule has 0 spiro atoms. The van der Waals surface area contributed by atoms with E-state index in [1.54, 1.807) is 17.6 Å². The van der Waals surface area contributed by atoms with Crippen molar-refractivity contribution in [2.24, 2.45) is 10.1 Å². The number of benzene rings is 1. The first-order valence-corrected chi connectivity index (χ1v) is 8.78. The quantitative estimate of drug-likeness (QED) is 0.723. The number of aromatic hydroxyl groups is 1. The van der Waals surface area contributed by atoms with Crippen molar-refractivity contribution in [2.45, 2.75) is 26.8 Å². The fourth-order valence-corrected chi connectivity index (χ4v) is 3.78. The Morgan fingerprint density at radius 2 is 1.90 bits per heavy atom. The van der Waals surface area contributed by atoms with Crippen molar-refractivity contribution in [2.75, 3.05) is 0 Å². The molecule has 21 heavy (non-hydrogen) atoms. The Hall–Kier alpha value is -0.920. The van der Waals surface area contributed by atoms with Crippen molar-refractivity contribution in [1.29, 1.82) is 0 Å². The SMILES string of the molecule is Cc1csc(=NC(C)C)n1N=Cc1cc(Br)c(O)c(Br)c1. The maximum Gasteiger partial charge on any atom is 0.206 e. The van der Waals surface area contributed by atoms with Crippen LogP contribution in [0.3, 0.4) is 0 Å². The zero-order valence-corrected chi connectivity index (χ0v) is 15.8. The molecular weight excluding hydrogens is 418 g/mol. The van der Waals surface area contributed by atoms with E-state index in [0.29, 0.717) is 8.95 Å². The molecule has 0 aliphatic carbocycles. The Morgan fingerprint density at radius 1 is 1.29 bits per heavy atom. The fourth-order valence-electron chi connectivity index (χ4n) is 1.62. The topological polar surface area (TPSA) is 49.9 Å². The van der Waals surface area contributed by atoms with E-state index in [4.69, 9.17) is 0 Å². The number of hydrogen-bond donors (Lipinski definition) is 1. The van der Waals surface area contributed by atoms with E-state index in [1.165, 1.54) is 0 Å². The number of thiazole rings is 1. The maximum absolute atomic E-state index is 9.71. The molecule has 0 amide bonds. The molecular formula is C14H15Br2N3OS. The van der Waals surface area contributed by atoms with Gasteiger partial charge in [-0.25, -0.2) is 4.68 Å². The molecule has 4 nitrogen and oxygen atoms in total. The Bertz CT molecular complexity index is 724. The Morgan fingerprint density at radius 3 is 2.48 bits per heavy atom. The summed E-state index contributed by atoms with van der Waals surface area (Å²) >= 11 is 8.20. The van der Waals surface area contributed by atoms with Crippen LogP contribution < -0.4 is 4.80 Å². The minimum Gasteiger partial charge on any atom is -0.506 e. The number of rotatable bonds is 3. The number of aryl methyl sites for hydroxylation is 1. The molecule has 0 aliphatic rings. The zero-order valence-electron chi connectivity index (χ0n) is 11.8. The highest BCUT2D eigenvalue weighted by molar-refractivity contribution is 9.11. The van der Waals surface area contributed by atoms with Gasteiger partial charge in [0, 0.05) is 11.4 Å². The maximum atomic E-state index is 9.71. The molecule has 0 bridgehead atoms. The average Bonchev–Trinajstić information content (AvgIpc) is 2.73. The monoisotopic (exact) mass is 431 g/mol. The van der Waals surface area contributed by atoms with Gasteiger partial charge in [0.25, 0.3) is 0 Å². The first-order valence-electron chi connectivity index (χ1n) is 6.32. The number of phenolic OH excluding ortho intramolecular Hbond substituents is 1. The third kappa shape index (κ3) is 4.05. The van der Waals surface area contributed by atoms with Gasteiger partial charge in [-0.15, -0.1) is 11.3 Å². The van der Waals surface area contributed by atoms with Crippen molar-refractivity contribution in [3.63, 3.8) is 0 Å². The number of phenols is 1. The van der Waals surface area contributed by atoms with Crippen LogP contribution >= 0.6 is 43.2 Å². The summed E-state index contributed by atoms with van der Waals surface area (Å²) < 4.78 is 3.06. The average molecular weight is 433 g/mol. The predicted molar refractivity (Wildman–Crippen MR) is 94.2 cm³/mol. The molecule has 0 saturated carbocycles. The first-order chi connectivity index (χ1) is 9.88. The van der Waals surface area contributed by atoms with Gasteiger partial charge in [-0.3, -0.25) is 4.99 Å². The molecule has 1 aromatic carbocycles. The molecule has 2 aromatic rings. The molecule has 0 unspecified atom stereocenters. The Balaban J connectivity index is 2.41. The molecule has 1 aromatic heterocycles. The summed E-state index contributed by atoms with van der Waals surface area (Å²) in [7, 11) is 0. The molecule has 1 N–H and O–H groups in total. The molecule has 1 heterocycles. The molecule has 2 rings (SSSR count). The number of hydrogen-bond acceptors (Lipinski definition) is 4. The molecule has 7 heteroatoms. The van der Waals surface area contributed by atoms with Gasteiger partial charge in [0.05, 0.1) is 20.9 Å². The molecule has 0 radical (unpaired) electrons. The summed E-state index contributed by atoms with van der Waals surface area (Å²) in [4.78, 5) is 5.42. The van der Waals surface area contributed by atoms with Crippen LogP contribution in [0, 0.1) is 6.92 Å². The Kier molecular flexibility index (Phi) is 5.40. The van der Waals surface area contributed by atoms with Crippen LogP contribution in [0.4, 0.5) is 0 Å². The number of halogens is 2. The first kappa shape index (κ1) is 16.5. The lowest BCUT2D eigenvalue weighted by atomic mass is 10.2. The predicted octanol–water partition coefficient (Wildman–Crippen LogP) is 4.28. The third-order valence-corrected chi connectivity index (χ3v) is 4.74. The highest BCUT2D eigenvalue weighted by Crippen LogP contribution is 2.32. The van der Waals surface area contributed by atoms with Gasteiger partial charge in [-0.1, -0.05) is 0 Å². The van der Waals surface area contributed by atoms with Crippen LogP contribution in [-0.2, 0) is 0 Å². The van der Waals surface area contributed by atoms with Gasteiger partial charge in [-0.2, -0.15) is 5.10 Å². The van der Waals surface area contributed by atoms with Crippen LogP contribution in [0.1, 0.15) is 25.1 Å². The van der Waals surface area contributed by atoms with Crippen LogP contribution in [0.5, 0.6) is 5.75 Å². The van der Waals surface area contributed by atoms with Crippen molar-refractivity contribution < 1.29 is 5.11 Å². The molecule has 0 aliphatic heterocycles. The van der Waals surface area contributed by atoms with E-state index in [9.17, 15) is 5.11 Å². The molecule has 0 saturated heterocycles. The van der Waals surface area contributed by atoms with Crippen molar-refractivity contribution >= 4 is 49.4 Å². The van der Waals surface area contributed by atoms with Crippen LogP contribution in [0.15, 0.2) is 36.6 Å². The highest BCUT2D eigenvalue weighted by atomic mass is 79.9. The lowest BCUT2D eigenvalue weighted by molar-refractivity contribution is 0.468. The van der Waals surface area contributed by atoms with E-state index in [1.807, 2.05) is 43.0 Å². The summed E-state index contributed by atoms with van der Waals surface area (Å²) in [5.41, 5.74) is 1.91. The summed E-state index contributed by atoms with van der Waals surface area (Å²) in [5.74, 6) is 0.182. The number of aromatic nitrogens is 1. The summed E-state index contributed by atoms with van der Waals surface area (Å²) in [6, 6.07) is 3.84. The lowest BCUT2D eigenvalue weighted by Gasteiger charge is -2.03. The minimum absolute atomic E-state index is 0.182. The largest absolute Gasteiger partial charge is 0.506 e. The van der Waals surface area contributed by atoms with Crippen molar-refractivity contribution in [3.05, 3.63) is 42.5 Å². The Labute approximate surface area is 144 Å². The second-order valence-corrected chi connectivity index (χ2v) is 7.32. The van der Waals surface area contributed by atoms with E-state index >= 15 is 0 Å². The van der Waals surface area contributed by atoms with Gasteiger partial charge in [0.1, 0.15) is 5.75 Å². The van der Waals surface area contributed by atoms with Gasteiger partial charge < -0.3 is 5.11 Å². The zero-order chi connectivity index (χ0) is 15.6. The van der Waals surface area contributed by atoms with E-state index in [0.717, 1.165) is 16.1 Å². The lowest BCUT2D eigenvalue weighted by Crippen LogP contribution is -2.14. The van der Waals surface area contributed by atoms with E-state index < -0.39 is 0 Å². The smallest absolute Gasteiger partial charge is 0.206 e. The second-order valence-electron chi connectivity index (χ2n) is 4.77. The summed E-state index contributed by atoms with van der Waals surface area (Å²) in [5, 5.41) is 16.2. The highest BCUT2D eigenvalue weighted by Gasteiger charge is 2.05. The van der Waals surface area contributed by atoms with Crippen LogP contribution in [0.2, 0.25) is 0 Å². The summed E-state index contributed by atoms with van der Waals surface area (Å²) in [6.45, 7) is 6.07. The third-order valence-electron chi connectivity index (χ3n) is 2.58. The van der Waals surface area contributed by atoms with Gasteiger partial charge in [-0.05, 0) is 70.3 Å². The fraction of sp³-hybridized carbons (Fsp3) is 0.286. The molecule has 112 valence electrons. The normalized spacial score (nSPS) is 12.8. The van der Waals surface area contributed by atoms with Gasteiger partial charge >= 0.3 is 0 Å². The molecule has 0 atom stereocenters. The summed E-state index contributed by atoms with van der Waals surface area (Å²) in [6.07, 6.45) is 1.74. The van der Waals surface area contributed by atoms with Crippen molar-refractivity contribution in [3.8, 4) is 5.75 Å². The minimum atomic E-state index is 0.182. The van der Waals surface area contributed by atoms with Gasteiger partial charge in [0.15, 0.2) is 0 Å². The van der Waals surface area contributed by atoms with E-state index in [-0.39, 0.29) is 11.8 Å². The van der Waals surface area contributed by atoms with Crippen LogP contribution in [0.25, 0.3) is 0 Å². The van der Waals surface area contributed by atoms with Crippen molar-refractivity contribution in [1.82, 2.24) is 4.68 Å². The van der Waals surface area contributed by atoms with E-state index in [2.05, 4.69) is 42.0 Å². The number of nitrogens with zero attached hydrogens (tertiary/aromatic N) is 3. The standard InChI is InChI=1S/C14H15Br2N3OS/c1-8(2)18-14-19(9(3)7-21-14)17-6-10-4-11(15)13(20)12(16)5-10/h4-8,20H,1-3H3. The van der Waals surface area contributed by atoms with Crippen LogP contribution in [-0.4, -0.2) is 22.0 Å². The van der Waals surface area contributed by atoms with Gasteiger partial charge in [0.2, 0.25) is 4.80 Å². The molecule has 0 fully saturated rings.